The minimum absolute atomic E-state index is 0.0929. The van der Waals surface area contributed by atoms with Crippen LogP contribution in [0.3, 0.4) is 0 Å². The minimum atomic E-state index is -0.253. The van der Waals surface area contributed by atoms with Crippen LogP contribution in [-0.2, 0) is 0 Å². The van der Waals surface area contributed by atoms with Gasteiger partial charge in [-0.15, -0.1) is 0 Å². The molecule has 5 nitrogen and oxygen atoms in total. The lowest BCUT2D eigenvalue weighted by Gasteiger charge is -2.19. The van der Waals surface area contributed by atoms with Gasteiger partial charge in [-0.2, -0.15) is 15.8 Å². The standard InChI is InChI=1S/C20H23N5/c1-3-4-5-6-11-25(2)19-9-7-16(8-10-19)12-17(13-21)20(24)18(14-22)15-23/h7-10,12H,3-6,11,24H2,1-2H3/b17-12+. The molecule has 0 bridgehead atoms. The molecule has 1 rings (SSSR count). The van der Waals surface area contributed by atoms with Crippen LogP contribution >= 0.6 is 0 Å². The highest BCUT2D eigenvalue weighted by Crippen LogP contribution is 2.18. The van der Waals surface area contributed by atoms with Crippen molar-refractivity contribution in [3.63, 3.8) is 0 Å². The summed E-state index contributed by atoms with van der Waals surface area (Å²) in [6, 6.07) is 13.1. The Kier molecular flexibility index (Phi) is 8.34. The summed E-state index contributed by atoms with van der Waals surface area (Å²) in [4.78, 5) is 2.20. The SMILES string of the molecule is CCCCCCN(C)c1ccc(/C=C(\C#N)C(N)=C(C#N)C#N)cc1. The molecule has 0 saturated carbocycles. The summed E-state index contributed by atoms with van der Waals surface area (Å²) in [7, 11) is 2.06. The number of benzene rings is 1. The molecular weight excluding hydrogens is 310 g/mol. The van der Waals surface area contributed by atoms with Gasteiger partial charge < -0.3 is 10.6 Å². The van der Waals surface area contributed by atoms with Gasteiger partial charge in [0.1, 0.15) is 18.2 Å². The predicted molar refractivity (Wildman–Crippen MR) is 99.9 cm³/mol. The first-order valence-electron chi connectivity index (χ1n) is 8.30. The van der Waals surface area contributed by atoms with Crippen molar-refractivity contribution >= 4 is 11.8 Å². The maximum absolute atomic E-state index is 9.22. The molecule has 0 aliphatic rings. The monoisotopic (exact) mass is 333 g/mol. The van der Waals surface area contributed by atoms with E-state index in [2.05, 4.69) is 18.9 Å². The Balaban J connectivity index is 2.89. The summed E-state index contributed by atoms with van der Waals surface area (Å²) in [5.41, 5.74) is 7.39. The van der Waals surface area contributed by atoms with Crippen molar-refractivity contribution in [1.29, 1.82) is 15.8 Å². The second kappa shape index (κ2) is 10.5. The molecule has 1 aromatic carbocycles. The predicted octanol–water partition coefficient (Wildman–Crippen LogP) is 3.87. The maximum atomic E-state index is 9.22. The second-order valence-corrected chi connectivity index (χ2v) is 5.76. The van der Waals surface area contributed by atoms with Crippen LogP contribution in [0.1, 0.15) is 38.2 Å². The number of hydrogen-bond donors (Lipinski definition) is 1. The van der Waals surface area contributed by atoms with Crippen LogP contribution in [0.4, 0.5) is 5.69 Å². The lowest BCUT2D eigenvalue weighted by Crippen LogP contribution is -2.18. The summed E-state index contributed by atoms with van der Waals surface area (Å²) in [5.74, 6) is 0. The molecule has 0 atom stereocenters. The van der Waals surface area contributed by atoms with Crippen LogP contribution in [0.15, 0.2) is 41.1 Å². The first-order valence-corrected chi connectivity index (χ1v) is 8.30. The van der Waals surface area contributed by atoms with E-state index in [1.165, 1.54) is 19.3 Å². The highest BCUT2D eigenvalue weighted by atomic mass is 15.1. The van der Waals surface area contributed by atoms with E-state index < -0.39 is 0 Å². The van der Waals surface area contributed by atoms with Crippen molar-refractivity contribution in [1.82, 2.24) is 0 Å². The highest BCUT2D eigenvalue weighted by molar-refractivity contribution is 5.67. The van der Waals surface area contributed by atoms with E-state index >= 15 is 0 Å². The van der Waals surface area contributed by atoms with Gasteiger partial charge >= 0.3 is 0 Å². The molecular formula is C20H23N5. The molecule has 0 aliphatic carbocycles. The molecule has 0 amide bonds. The topological polar surface area (TPSA) is 101 Å². The third-order valence-electron chi connectivity index (χ3n) is 3.90. The second-order valence-electron chi connectivity index (χ2n) is 5.76. The number of nitriles is 3. The molecule has 5 heteroatoms. The van der Waals surface area contributed by atoms with Gasteiger partial charge in [0.25, 0.3) is 0 Å². The van der Waals surface area contributed by atoms with E-state index in [9.17, 15) is 5.26 Å². The molecule has 0 spiro atoms. The van der Waals surface area contributed by atoms with Crippen molar-refractivity contribution in [2.45, 2.75) is 32.6 Å². The normalized spacial score (nSPS) is 10.3. The number of allylic oxidation sites excluding steroid dienone is 2. The van der Waals surface area contributed by atoms with Gasteiger partial charge in [-0.3, -0.25) is 0 Å². The first-order chi connectivity index (χ1) is 12.1. The van der Waals surface area contributed by atoms with Crippen molar-refractivity contribution in [3.05, 3.63) is 46.7 Å². The number of hydrogen-bond acceptors (Lipinski definition) is 5. The van der Waals surface area contributed by atoms with Crippen LogP contribution in [-0.4, -0.2) is 13.6 Å². The summed E-state index contributed by atoms with van der Waals surface area (Å²) in [6.45, 7) is 3.20. The van der Waals surface area contributed by atoms with E-state index in [0.29, 0.717) is 0 Å². The van der Waals surface area contributed by atoms with Crippen LogP contribution in [0.5, 0.6) is 0 Å². The van der Waals surface area contributed by atoms with Gasteiger partial charge in [0.15, 0.2) is 5.57 Å². The zero-order chi connectivity index (χ0) is 18.7. The van der Waals surface area contributed by atoms with Crippen molar-refractivity contribution in [3.8, 4) is 18.2 Å². The Bertz CT molecular complexity index is 735. The molecule has 0 heterocycles. The Morgan fingerprint density at radius 2 is 1.68 bits per heavy atom. The highest BCUT2D eigenvalue weighted by Gasteiger charge is 2.08. The molecule has 25 heavy (non-hydrogen) atoms. The lowest BCUT2D eigenvalue weighted by molar-refractivity contribution is 0.661. The van der Waals surface area contributed by atoms with Gasteiger partial charge in [0.05, 0.1) is 11.3 Å². The molecule has 0 aliphatic heterocycles. The fourth-order valence-corrected chi connectivity index (χ4v) is 2.35. The van der Waals surface area contributed by atoms with E-state index in [-0.39, 0.29) is 16.8 Å². The molecule has 128 valence electrons. The molecule has 0 aromatic heterocycles. The van der Waals surface area contributed by atoms with Gasteiger partial charge in [-0.05, 0) is 30.2 Å². The molecule has 0 radical (unpaired) electrons. The lowest BCUT2D eigenvalue weighted by atomic mass is 10.1. The van der Waals surface area contributed by atoms with Gasteiger partial charge in [0, 0.05) is 19.3 Å². The van der Waals surface area contributed by atoms with E-state index in [0.717, 1.165) is 24.2 Å². The van der Waals surface area contributed by atoms with E-state index in [4.69, 9.17) is 16.3 Å². The molecule has 0 unspecified atom stereocenters. The van der Waals surface area contributed by atoms with Gasteiger partial charge in [-0.1, -0.05) is 38.3 Å². The van der Waals surface area contributed by atoms with E-state index in [1.54, 1.807) is 18.2 Å². The van der Waals surface area contributed by atoms with Crippen LogP contribution in [0, 0.1) is 34.0 Å². The Morgan fingerprint density at radius 3 is 2.20 bits per heavy atom. The third kappa shape index (κ3) is 6.05. The average Bonchev–Trinajstić information content (AvgIpc) is 2.64. The van der Waals surface area contributed by atoms with Crippen LogP contribution in [0.25, 0.3) is 6.08 Å². The summed E-state index contributed by atoms with van der Waals surface area (Å²) in [5, 5.41) is 26.9. The largest absolute Gasteiger partial charge is 0.396 e. The Morgan fingerprint density at radius 1 is 1.04 bits per heavy atom. The van der Waals surface area contributed by atoms with E-state index in [1.807, 2.05) is 30.3 Å². The smallest absolute Gasteiger partial charge is 0.153 e. The first kappa shape index (κ1) is 19.8. The molecule has 0 saturated heterocycles. The number of unbranched alkanes of at least 4 members (excludes halogenated alkanes) is 3. The van der Waals surface area contributed by atoms with Crippen molar-refractivity contribution in [2.75, 3.05) is 18.5 Å². The summed E-state index contributed by atoms with van der Waals surface area (Å²) < 4.78 is 0. The fourth-order valence-electron chi connectivity index (χ4n) is 2.35. The fraction of sp³-hybridized carbons (Fsp3) is 0.350. The van der Waals surface area contributed by atoms with Crippen LogP contribution in [0.2, 0.25) is 0 Å². The zero-order valence-electron chi connectivity index (χ0n) is 14.8. The maximum Gasteiger partial charge on any atom is 0.153 e. The summed E-state index contributed by atoms with van der Waals surface area (Å²) in [6.07, 6.45) is 6.46. The molecule has 1 aromatic rings. The quantitative estimate of drug-likeness (QED) is 0.442. The Hall–Kier alpha value is -3.23. The van der Waals surface area contributed by atoms with Crippen LogP contribution < -0.4 is 10.6 Å². The van der Waals surface area contributed by atoms with Crippen molar-refractivity contribution in [2.24, 2.45) is 5.73 Å². The number of nitrogens with zero attached hydrogens (tertiary/aromatic N) is 4. The molecule has 2 N–H and O–H groups in total. The Labute approximate surface area is 149 Å². The van der Waals surface area contributed by atoms with Crippen molar-refractivity contribution < 1.29 is 0 Å². The summed E-state index contributed by atoms with van der Waals surface area (Å²) >= 11 is 0. The average molecular weight is 333 g/mol. The van der Waals surface area contributed by atoms with Gasteiger partial charge in [-0.25, -0.2) is 0 Å². The number of nitrogens with two attached hydrogens (primary N) is 1. The zero-order valence-corrected chi connectivity index (χ0v) is 14.8. The third-order valence-corrected chi connectivity index (χ3v) is 3.90. The number of rotatable bonds is 8. The molecule has 0 fully saturated rings. The van der Waals surface area contributed by atoms with Gasteiger partial charge in [0.2, 0.25) is 0 Å². The minimum Gasteiger partial charge on any atom is -0.396 e. The number of anilines is 1.